The number of likely N-dealkylation sites (N-methyl/N-ethyl adjacent to an activating group) is 1. The lowest BCUT2D eigenvalue weighted by Crippen LogP contribution is -2.38. The molecule has 0 amide bonds. The van der Waals surface area contributed by atoms with E-state index in [1.54, 1.807) is 6.92 Å². The van der Waals surface area contributed by atoms with Crippen LogP contribution in [0.1, 0.15) is 26.7 Å². The van der Waals surface area contributed by atoms with E-state index in [1.165, 1.54) is 0 Å². The number of carbonyl (C=O) groups excluding carboxylic acids is 1. The Morgan fingerprint density at radius 1 is 1.31 bits per heavy atom. The third-order valence-electron chi connectivity index (χ3n) is 1.96. The van der Waals surface area contributed by atoms with Gasteiger partial charge in [-0.05, 0) is 13.0 Å². The number of ether oxygens (including phenoxy) is 1. The average molecular weight is 241 g/mol. The van der Waals surface area contributed by atoms with Crippen molar-refractivity contribution in [2.24, 2.45) is 0 Å². The van der Waals surface area contributed by atoms with Gasteiger partial charge >= 0.3 is 12.1 Å². The predicted molar refractivity (Wildman–Crippen MR) is 54.0 cm³/mol. The van der Waals surface area contributed by atoms with Gasteiger partial charge in [0.05, 0.1) is 19.7 Å². The molecule has 0 saturated carbocycles. The largest absolute Gasteiger partial charge is 0.465 e. The van der Waals surface area contributed by atoms with Gasteiger partial charge in [-0.25, -0.2) is 0 Å². The number of rotatable bonds is 7. The Hall–Kier alpha value is -0.780. The van der Waals surface area contributed by atoms with E-state index in [9.17, 15) is 18.0 Å². The minimum atomic E-state index is -4.28. The highest BCUT2D eigenvalue weighted by atomic mass is 19.4. The Morgan fingerprint density at radius 2 is 1.94 bits per heavy atom. The van der Waals surface area contributed by atoms with Gasteiger partial charge in [-0.3, -0.25) is 9.69 Å². The fraction of sp³-hybridized carbons (Fsp3) is 0.900. The highest BCUT2D eigenvalue weighted by Gasteiger charge is 2.30. The van der Waals surface area contributed by atoms with E-state index < -0.39 is 18.7 Å². The summed E-state index contributed by atoms with van der Waals surface area (Å²) in [5, 5.41) is 0. The van der Waals surface area contributed by atoms with E-state index in [0.29, 0.717) is 0 Å². The molecule has 0 fully saturated rings. The fourth-order valence-corrected chi connectivity index (χ4v) is 1.09. The molecule has 0 unspecified atom stereocenters. The number of hydrogen-bond donors (Lipinski definition) is 0. The summed E-state index contributed by atoms with van der Waals surface area (Å²) in [6.07, 6.45) is -2.66. The third kappa shape index (κ3) is 8.52. The van der Waals surface area contributed by atoms with Gasteiger partial charge < -0.3 is 4.74 Å². The number of hydrogen-bond acceptors (Lipinski definition) is 3. The molecule has 0 aromatic rings. The van der Waals surface area contributed by atoms with Gasteiger partial charge in [0.1, 0.15) is 0 Å². The molecular formula is C10H18F3NO2. The average Bonchev–Trinajstić information content (AvgIpc) is 2.15. The van der Waals surface area contributed by atoms with Crippen molar-refractivity contribution in [2.75, 3.05) is 26.2 Å². The van der Waals surface area contributed by atoms with E-state index >= 15 is 0 Å². The molecule has 0 saturated heterocycles. The predicted octanol–water partition coefficient (Wildman–Crippen LogP) is 2.21. The summed E-state index contributed by atoms with van der Waals surface area (Å²) in [7, 11) is 0. The van der Waals surface area contributed by atoms with E-state index in [2.05, 4.69) is 0 Å². The van der Waals surface area contributed by atoms with Crippen molar-refractivity contribution < 1.29 is 22.7 Å². The van der Waals surface area contributed by atoms with Crippen molar-refractivity contribution in [2.45, 2.75) is 32.9 Å². The van der Waals surface area contributed by atoms with Gasteiger partial charge in [0, 0.05) is 0 Å². The fourth-order valence-electron chi connectivity index (χ4n) is 1.09. The van der Waals surface area contributed by atoms with Gasteiger partial charge in [-0.1, -0.05) is 20.3 Å². The second-order valence-electron chi connectivity index (χ2n) is 3.49. The number of halogens is 3. The molecule has 0 atom stereocenters. The summed E-state index contributed by atoms with van der Waals surface area (Å²) in [6, 6.07) is 0. The molecule has 0 heterocycles. The van der Waals surface area contributed by atoms with E-state index in [4.69, 9.17) is 4.74 Å². The van der Waals surface area contributed by atoms with Crippen molar-refractivity contribution >= 4 is 5.97 Å². The molecule has 0 aliphatic carbocycles. The zero-order valence-corrected chi connectivity index (χ0v) is 9.64. The molecule has 96 valence electrons. The van der Waals surface area contributed by atoms with Crippen LogP contribution in [0.3, 0.4) is 0 Å². The Balaban J connectivity index is 3.88. The van der Waals surface area contributed by atoms with Crippen LogP contribution >= 0.6 is 0 Å². The van der Waals surface area contributed by atoms with E-state index in [0.717, 1.165) is 17.7 Å². The summed E-state index contributed by atoms with van der Waals surface area (Å²) in [6.45, 7) is 2.58. The molecule has 0 radical (unpaired) electrons. The second kappa shape index (κ2) is 7.49. The van der Waals surface area contributed by atoms with Gasteiger partial charge in [0.25, 0.3) is 0 Å². The molecular weight excluding hydrogens is 223 g/mol. The normalized spacial score (nSPS) is 11.9. The Bertz CT molecular complexity index is 207. The lowest BCUT2D eigenvalue weighted by molar-refractivity contribution is -0.156. The number of unbranched alkanes of at least 4 members (excludes halogenated alkanes) is 1. The molecule has 0 aliphatic rings. The summed E-state index contributed by atoms with van der Waals surface area (Å²) in [5.41, 5.74) is 0. The molecule has 16 heavy (non-hydrogen) atoms. The number of nitrogens with zero attached hydrogens (tertiary/aromatic N) is 1. The zero-order chi connectivity index (χ0) is 12.6. The molecule has 0 bridgehead atoms. The summed E-state index contributed by atoms with van der Waals surface area (Å²) >= 11 is 0. The number of alkyl halides is 3. The van der Waals surface area contributed by atoms with E-state index in [-0.39, 0.29) is 19.7 Å². The molecule has 0 N–H and O–H groups in total. The summed E-state index contributed by atoms with van der Waals surface area (Å²) < 4.78 is 40.9. The van der Waals surface area contributed by atoms with Crippen LogP contribution in [0.2, 0.25) is 0 Å². The molecule has 0 spiro atoms. The van der Waals surface area contributed by atoms with Crippen LogP contribution < -0.4 is 0 Å². The van der Waals surface area contributed by atoms with Crippen LogP contribution in [0.4, 0.5) is 13.2 Å². The van der Waals surface area contributed by atoms with Crippen LogP contribution in [0.5, 0.6) is 0 Å². The lowest BCUT2D eigenvalue weighted by atomic mass is 10.4. The second-order valence-corrected chi connectivity index (χ2v) is 3.49. The molecule has 0 rings (SSSR count). The summed E-state index contributed by atoms with van der Waals surface area (Å²) in [5.74, 6) is -0.598. The van der Waals surface area contributed by atoms with E-state index in [1.807, 2.05) is 6.92 Å². The van der Waals surface area contributed by atoms with Crippen molar-refractivity contribution in [1.29, 1.82) is 0 Å². The van der Waals surface area contributed by atoms with Crippen LogP contribution in [0.15, 0.2) is 0 Å². The first kappa shape index (κ1) is 15.2. The Morgan fingerprint density at radius 3 is 2.38 bits per heavy atom. The molecule has 0 aromatic carbocycles. The highest BCUT2D eigenvalue weighted by Crippen LogP contribution is 2.16. The van der Waals surface area contributed by atoms with Crippen molar-refractivity contribution in [1.82, 2.24) is 4.90 Å². The Labute approximate surface area is 93.6 Å². The maximum atomic E-state index is 12.1. The van der Waals surface area contributed by atoms with Gasteiger partial charge in [-0.2, -0.15) is 13.2 Å². The standard InChI is InChI=1S/C10H18F3NO2/c1-3-5-6-16-9(15)7-14(4-2)8-10(11,12)13/h3-8H2,1-2H3. The van der Waals surface area contributed by atoms with Crippen LogP contribution in [0, 0.1) is 0 Å². The zero-order valence-electron chi connectivity index (χ0n) is 9.64. The Kier molecular flexibility index (Phi) is 7.12. The first-order valence-corrected chi connectivity index (χ1v) is 5.33. The van der Waals surface area contributed by atoms with Crippen molar-refractivity contribution in [3.05, 3.63) is 0 Å². The van der Waals surface area contributed by atoms with Gasteiger partial charge in [0.15, 0.2) is 0 Å². The number of esters is 1. The lowest BCUT2D eigenvalue weighted by Gasteiger charge is -2.20. The minimum absolute atomic E-state index is 0.169. The molecule has 3 nitrogen and oxygen atoms in total. The smallest absolute Gasteiger partial charge is 0.401 e. The first-order valence-electron chi connectivity index (χ1n) is 5.33. The highest BCUT2D eigenvalue weighted by molar-refractivity contribution is 5.71. The van der Waals surface area contributed by atoms with Crippen LogP contribution in [-0.4, -0.2) is 43.3 Å². The first-order chi connectivity index (χ1) is 7.39. The maximum absolute atomic E-state index is 12.1. The van der Waals surface area contributed by atoms with Crippen LogP contribution in [-0.2, 0) is 9.53 Å². The third-order valence-corrected chi connectivity index (χ3v) is 1.96. The monoisotopic (exact) mass is 241 g/mol. The molecule has 0 aliphatic heterocycles. The van der Waals surface area contributed by atoms with Crippen molar-refractivity contribution in [3.8, 4) is 0 Å². The van der Waals surface area contributed by atoms with Gasteiger partial charge in [-0.15, -0.1) is 0 Å². The maximum Gasteiger partial charge on any atom is 0.401 e. The SMILES string of the molecule is CCCCOC(=O)CN(CC)CC(F)(F)F. The molecule has 6 heteroatoms. The summed E-state index contributed by atoms with van der Waals surface area (Å²) in [4.78, 5) is 12.2. The topological polar surface area (TPSA) is 29.5 Å². The molecule has 0 aromatic heterocycles. The minimum Gasteiger partial charge on any atom is -0.465 e. The van der Waals surface area contributed by atoms with Crippen LogP contribution in [0.25, 0.3) is 0 Å². The van der Waals surface area contributed by atoms with Gasteiger partial charge in [0.2, 0.25) is 0 Å². The quantitative estimate of drug-likeness (QED) is 0.505. The van der Waals surface area contributed by atoms with Crippen molar-refractivity contribution in [3.63, 3.8) is 0 Å². The number of carbonyl (C=O) groups is 1.